The highest BCUT2D eigenvalue weighted by atomic mass is 35.5. The number of amides is 1. The van der Waals surface area contributed by atoms with Gasteiger partial charge in [-0.05, 0) is 18.4 Å². The quantitative estimate of drug-likeness (QED) is 0.606. The average molecular weight is 371 g/mol. The van der Waals surface area contributed by atoms with E-state index in [9.17, 15) is 24.8 Å². The minimum Gasteiger partial charge on any atom is -0.481 e. The monoisotopic (exact) mass is 370 g/mol. The third-order valence-electron chi connectivity index (χ3n) is 4.39. The van der Waals surface area contributed by atoms with Gasteiger partial charge in [-0.3, -0.25) is 19.7 Å². The molecule has 0 aromatic heterocycles. The van der Waals surface area contributed by atoms with Crippen LogP contribution in [-0.4, -0.2) is 53.6 Å². The summed E-state index contributed by atoms with van der Waals surface area (Å²) in [6, 6.07) is 3.94. The van der Waals surface area contributed by atoms with Crippen molar-refractivity contribution in [1.82, 2.24) is 4.90 Å². The zero-order valence-corrected chi connectivity index (χ0v) is 14.5. The number of methoxy groups -OCH3 is 1. The van der Waals surface area contributed by atoms with Crippen LogP contribution in [-0.2, 0) is 20.7 Å². The molecule has 1 saturated heterocycles. The van der Waals surface area contributed by atoms with Gasteiger partial charge in [-0.15, -0.1) is 0 Å². The predicted molar refractivity (Wildman–Crippen MR) is 89.6 cm³/mol. The van der Waals surface area contributed by atoms with E-state index < -0.39 is 16.3 Å². The van der Waals surface area contributed by atoms with E-state index in [1.807, 2.05) is 0 Å². The van der Waals surface area contributed by atoms with Gasteiger partial charge < -0.3 is 14.7 Å². The number of hydrogen-bond donors (Lipinski definition) is 1. The van der Waals surface area contributed by atoms with Crippen LogP contribution in [0.2, 0.25) is 5.02 Å². The summed E-state index contributed by atoms with van der Waals surface area (Å²) in [5.74, 6) is -1.25. The summed E-state index contributed by atoms with van der Waals surface area (Å²) in [6.45, 7) is 0.562. The molecule has 1 unspecified atom stereocenters. The third kappa shape index (κ3) is 4.26. The minimum absolute atomic E-state index is 0.0321. The van der Waals surface area contributed by atoms with Crippen molar-refractivity contribution < 1.29 is 24.4 Å². The number of ether oxygens (including phenoxy) is 1. The number of carbonyl (C=O) groups excluding carboxylic acids is 1. The Kier molecular flexibility index (Phi) is 5.97. The molecule has 136 valence electrons. The second kappa shape index (κ2) is 7.79. The molecule has 2 rings (SSSR count). The van der Waals surface area contributed by atoms with Gasteiger partial charge in [-0.2, -0.15) is 0 Å². The summed E-state index contributed by atoms with van der Waals surface area (Å²) in [7, 11) is 1.43. The van der Waals surface area contributed by atoms with E-state index in [-0.39, 0.29) is 36.2 Å². The molecule has 0 bridgehead atoms. The van der Waals surface area contributed by atoms with Gasteiger partial charge in [0.25, 0.3) is 5.69 Å². The van der Waals surface area contributed by atoms with Crippen molar-refractivity contribution in [3.05, 3.63) is 38.9 Å². The first-order valence-electron chi connectivity index (χ1n) is 7.72. The van der Waals surface area contributed by atoms with Crippen LogP contribution in [0.3, 0.4) is 0 Å². The number of aliphatic carboxylic acids is 1. The zero-order chi connectivity index (χ0) is 18.6. The number of nitro benzene ring substituents is 1. The van der Waals surface area contributed by atoms with Crippen molar-refractivity contribution in [3.63, 3.8) is 0 Å². The molecule has 1 atom stereocenters. The first kappa shape index (κ1) is 19.1. The molecule has 1 fully saturated rings. The normalized spacial score (nSPS) is 20.3. The lowest BCUT2D eigenvalue weighted by Gasteiger charge is -2.39. The first-order chi connectivity index (χ1) is 11.8. The summed E-state index contributed by atoms with van der Waals surface area (Å²) < 4.78 is 5.04. The number of halogens is 1. The molecular formula is C16H19ClN2O6. The molecule has 0 radical (unpaired) electrons. The van der Waals surface area contributed by atoms with Crippen LogP contribution < -0.4 is 0 Å². The van der Waals surface area contributed by atoms with Crippen molar-refractivity contribution in [2.24, 2.45) is 5.41 Å². The highest BCUT2D eigenvalue weighted by Crippen LogP contribution is 2.31. The summed E-state index contributed by atoms with van der Waals surface area (Å²) in [5, 5.41) is 20.4. The maximum atomic E-state index is 12.6. The van der Waals surface area contributed by atoms with Gasteiger partial charge in [0.1, 0.15) is 5.41 Å². The van der Waals surface area contributed by atoms with E-state index in [0.29, 0.717) is 24.9 Å². The molecule has 0 spiro atoms. The van der Waals surface area contributed by atoms with Crippen molar-refractivity contribution >= 4 is 29.2 Å². The minimum atomic E-state index is -1.11. The number of nitro groups is 1. The molecule has 9 heteroatoms. The lowest BCUT2D eigenvalue weighted by atomic mass is 9.80. The number of carboxylic acids is 1. The molecule has 1 aliphatic heterocycles. The Morgan fingerprint density at radius 3 is 2.76 bits per heavy atom. The zero-order valence-electron chi connectivity index (χ0n) is 13.7. The van der Waals surface area contributed by atoms with Crippen LogP contribution in [0.4, 0.5) is 5.69 Å². The maximum Gasteiger partial charge on any atom is 0.313 e. The fourth-order valence-corrected chi connectivity index (χ4v) is 3.28. The molecule has 1 amide bonds. The fraction of sp³-hybridized carbons (Fsp3) is 0.500. The number of likely N-dealkylation sites (tertiary alicyclic amines) is 1. The Hall–Kier alpha value is -2.19. The topological polar surface area (TPSA) is 110 Å². The molecular weight excluding hydrogens is 352 g/mol. The Morgan fingerprint density at radius 2 is 2.20 bits per heavy atom. The molecule has 1 aromatic carbocycles. The molecule has 1 aromatic rings. The molecule has 1 heterocycles. The second-order valence-corrected chi connectivity index (χ2v) is 6.55. The number of non-ortho nitro benzene ring substituents is 1. The van der Waals surface area contributed by atoms with Crippen LogP contribution in [0.15, 0.2) is 18.2 Å². The van der Waals surface area contributed by atoms with Gasteiger partial charge in [-0.25, -0.2) is 0 Å². The standard InChI is InChI=1S/C16H19ClN2O6/c1-25-10-16(15(21)22)5-2-6-18(9-16)14(20)7-11-3-4-12(19(23)24)8-13(11)17/h3-4,8H,2,5-7,9-10H2,1H3,(H,21,22). The van der Waals surface area contributed by atoms with Gasteiger partial charge in [0.2, 0.25) is 5.91 Å². The van der Waals surface area contributed by atoms with Crippen molar-refractivity contribution in [2.75, 3.05) is 26.8 Å². The van der Waals surface area contributed by atoms with E-state index in [1.165, 1.54) is 30.2 Å². The number of nitrogens with zero attached hydrogens (tertiary/aromatic N) is 2. The Balaban J connectivity index is 2.12. The number of piperidine rings is 1. The van der Waals surface area contributed by atoms with E-state index in [0.717, 1.165) is 0 Å². The Morgan fingerprint density at radius 1 is 1.48 bits per heavy atom. The lowest BCUT2D eigenvalue weighted by molar-refractivity contribution is -0.384. The number of hydrogen-bond acceptors (Lipinski definition) is 5. The number of rotatable bonds is 6. The second-order valence-electron chi connectivity index (χ2n) is 6.15. The van der Waals surface area contributed by atoms with Crippen molar-refractivity contribution in [3.8, 4) is 0 Å². The van der Waals surface area contributed by atoms with E-state index in [4.69, 9.17) is 16.3 Å². The molecule has 1 N–H and O–H groups in total. The Bertz CT molecular complexity index is 691. The highest BCUT2D eigenvalue weighted by molar-refractivity contribution is 6.31. The van der Waals surface area contributed by atoms with Crippen LogP contribution in [0.25, 0.3) is 0 Å². The summed E-state index contributed by atoms with van der Waals surface area (Å²) in [4.78, 5) is 35.9. The van der Waals surface area contributed by atoms with E-state index in [1.54, 1.807) is 0 Å². The van der Waals surface area contributed by atoms with Crippen LogP contribution in [0.1, 0.15) is 18.4 Å². The van der Waals surface area contributed by atoms with Crippen LogP contribution in [0.5, 0.6) is 0 Å². The maximum absolute atomic E-state index is 12.6. The highest BCUT2D eigenvalue weighted by Gasteiger charge is 2.43. The largest absolute Gasteiger partial charge is 0.481 e. The van der Waals surface area contributed by atoms with Gasteiger partial charge in [-0.1, -0.05) is 17.7 Å². The van der Waals surface area contributed by atoms with Crippen LogP contribution >= 0.6 is 11.6 Å². The van der Waals surface area contributed by atoms with Gasteiger partial charge in [0.15, 0.2) is 0 Å². The SMILES string of the molecule is COCC1(C(=O)O)CCCN(C(=O)Cc2ccc([N+](=O)[O-])cc2Cl)C1. The number of carbonyl (C=O) groups is 2. The van der Waals surface area contributed by atoms with E-state index >= 15 is 0 Å². The Labute approximate surface area is 149 Å². The van der Waals surface area contributed by atoms with Crippen molar-refractivity contribution in [2.45, 2.75) is 19.3 Å². The first-order valence-corrected chi connectivity index (χ1v) is 8.10. The smallest absolute Gasteiger partial charge is 0.313 e. The fourth-order valence-electron chi connectivity index (χ4n) is 3.04. The lowest BCUT2D eigenvalue weighted by Crippen LogP contribution is -2.52. The number of carboxylic acid groups (broad SMARTS) is 1. The molecule has 0 saturated carbocycles. The molecule has 8 nitrogen and oxygen atoms in total. The average Bonchev–Trinajstić information content (AvgIpc) is 2.56. The summed E-state index contributed by atoms with van der Waals surface area (Å²) >= 11 is 6.02. The van der Waals surface area contributed by atoms with Crippen molar-refractivity contribution in [1.29, 1.82) is 0 Å². The van der Waals surface area contributed by atoms with Gasteiger partial charge in [0.05, 0.1) is 23.0 Å². The molecule has 25 heavy (non-hydrogen) atoms. The van der Waals surface area contributed by atoms with Gasteiger partial charge in [0, 0.05) is 32.3 Å². The molecule has 1 aliphatic rings. The summed E-state index contributed by atoms with van der Waals surface area (Å²) in [5.41, 5.74) is -0.790. The third-order valence-corrected chi connectivity index (χ3v) is 4.74. The number of benzene rings is 1. The molecule has 0 aliphatic carbocycles. The predicted octanol–water partition coefficient (Wildman–Crippen LogP) is 2.13. The van der Waals surface area contributed by atoms with Gasteiger partial charge >= 0.3 is 5.97 Å². The van der Waals surface area contributed by atoms with E-state index in [2.05, 4.69) is 0 Å². The van der Waals surface area contributed by atoms with Crippen LogP contribution in [0, 0.1) is 15.5 Å². The summed E-state index contributed by atoms with van der Waals surface area (Å²) in [6.07, 6.45) is 0.965.